The number of nitriles is 1. The second-order valence-corrected chi connectivity index (χ2v) is 13.8. The van der Waals surface area contributed by atoms with Crippen LogP contribution in [0.15, 0.2) is 107 Å². The van der Waals surface area contributed by atoms with Crippen molar-refractivity contribution in [2.24, 2.45) is 5.73 Å². The van der Waals surface area contributed by atoms with Gasteiger partial charge in [0.1, 0.15) is 19.1 Å². The molecule has 0 saturated carbocycles. The molecule has 10 nitrogen and oxygen atoms in total. The van der Waals surface area contributed by atoms with Crippen LogP contribution in [0.3, 0.4) is 0 Å². The van der Waals surface area contributed by atoms with E-state index in [0.717, 1.165) is 39.5 Å². The number of guanidine groups is 1. The third-order valence-corrected chi connectivity index (χ3v) is 8.69. The van der Waals surface area contributed by atoms with E-state index in [0.29, 0.717) is 34.3 Å². The summed E-state index contributed by atoms with van der Waals surface area (Å²) in [4.78, 5) is 29.5. The van der Waals surface area contributed by atoms with E-state index in [1.165, 1.54) is 37.2 Å². The largest absolute Gasteiger partial charge is 0.466 e. The van der Waals surface area contributed by atoms with E-state index in [9.17, 15) is 28.0 Å². The Balaban J connectivity index is 0.000000743. The number of methoxy groups -OCH3 is 1. The van der Waals surface area contributed by atoms with Crippen molar-refractivity contribution in [1.82, 2.24) is 4.90 Å². The first-order valence-electron chi connectivity index (χ1n) is 16.3. The molecule has 14 heteroatoms. The summed E-state index contributed by atoms with van der Waals surface area (Å²) in [5.41, 5.74) is 7.15. The van der Waals surface area contributed by atoms with Crippen molar-refractivity contribution in [3.05, 3.63) is 135 Å². The summed E-state index contributed by atoms with van der Waals surface area (Å²) in [6.07, 6.45) is 1.31. The Labute approximate surface area is 312 Å². The minimum Gasteiger partial charge on any atom is -0.466 e. The molecule has 0 fully saturated rings. The maximum absolute atomic E-state index is 13.6. The number of nitrogens with two attached hydrogens (primary N) is 1. The zero-order valence-electron chi connectivity index (χ0n) is 30.7. The van der Waals surface area contributed by atoms with Crippen LogP contribution in [0.25, 0.3) is 0 Å². The molecule has 0 saturated heterocycles. The number of allylic oxidation sites excluding steroid dienone is 5. The number of quaternary nitrogens is 1. The van der Waals surface area contributed by atoms with Gasteiger partial charge in [0.2, 0.25) is 5.96 Å². The van der Waals surface area contributed by atoms with Gasteiger partial charge in [-0.3, -0.25) is 15.2 Å². The van der Waals surface area contributed by atoms with Gasteiger partial charge in [-0.15, -0.1) is 0 Å². The molecule has 53 heavy (non-hydrogen) atoms. The van der Waals surface area contributed by atoms with Crippen molar-refractivity contribution >= 4 is 35.7 Å². The number of hydrogen-bond donors (Lipinski definition) is 2. The molecule has 2 amide bonds. The fraction of sp³-hybridized carbons (Fsp3) is 0.282. The minimum atomic E-state index is -4.68. The first kappa shape index (κ1) is 42.1. The van der Waals surface area contributed by atoms with Crippen LogP contribution in [-0.4, -0.2) is 55.7 Å². The normalized spacial score (nSPS) is 15.2. The number of esters is 1. The summed E-state index contributed by atoms with van der Waals surface area (Å²) in [6.45, 7) is 6.42. The molecule has 0 unspecified atom stereocenters. The molecule has 280 valence electrons. The topological polar surface area (TPSA) is 133 Å². The Hall–Kier alpha value is -5.36. The molecular formula is C39H44F3N6O4S+. The van der Waals surface area contributed by atoms with Crippen LogP contribution in [0, 0.1) is 16.7 Å². The van der Waals surface area contributed by atoms with Gasteiger partial charge >= 0.3 is 18.2 Å². The lowest BCUT2D eigenvalue weighted by molar-refractivity contribution is -0.916. The Morgan fingerprint density at radius 3 is 2.30 bits per heavy atom. The maximum Gasteiger partial charge on any atom is 0.416 e. The molecular weight excluding hydrogens is 706 g/mol. The predicted octanol–water partition coefficient (Wildman–Crippen LogP) is 8.44. The number of primary amides is 1. The minimum absolute atomic E-state index is 0.0806. The molecule has 4 rings (SSSR count). The van der Waals surface area contributed by atoms with Crippen LogP contribution >= 0.6 is 12.0 Å². The van der Waals surface area contributed by atoms with Gasteiger partial charge in [-0.1, -0.05) is 60.7 Å². The summed E-state index contributed by atoms with van der Waals surface area (Å²) in [7, 11) is 6.78. The molecule has 3 aromatic rings. The lowest BCUT2D eigenvalue weighted by Gasteiger charge is -2.43. The van der Waals surface area contributed by atoms with E-state index < -0.39 is 35.7 Å². The molecule has 3 N–H and O–H groups in total. The highest BCUT2D eigenvalue weighted by atomic mass is 32.2. The molecule has 0 bridgehead atoms. The lowest BCUT2D eigenvalue weighted by Crippen LogP contribution is -2.55. The average molecular weight is 750 g/mol. The highest BCUT2D eigenvalue weighted by Gasteiger charge is 2.45. The number of nitrogens with one attached hydrogen (secondary N) is 1. The number of hydrogen-bond acceptors (Lipinski definition) is 7. The fourth-order valence-corrected chi connectivity index (χ4v) is 6.33. The summed E-state index contributed by atoms with van der Waals surface area (Å²) < 4.78 is 51.1. The second kappa shape index (κ2) is 18.4. The first-order chi connectivity index (χ1) is 25.0. The number of alkyl halides is 3. The SMILES string of the molecule is C/C=C\C=C(/C)SOC.COC(=O)C1=C(C)N(c2cccc(C(F)(F)F)c2)C(=N)N(C(N)=O)[C@@H]1c1ccc(C#N)cc1C[N+](C)(C)Cc1ccccc1. The van der Waals surface area contributed by atoms with Gasteiger partial charge in [0.25, 0.3) is 0 Å². The number of urea groups is 1. The summed E-state index contributed by atoms with van der Waals surface area (Å²) >= 11 is 1.38. The van der Waals surface area contributed by atoms with Crippen LogP contribution in [0.1, 0.15) is 54.6 Å². The predicted molar refractivity (Wildman–Crippen MR) is 201 cm³/mol. The van der Waals surface area contributed by atoms with Crippen LogP contribution in [0.4, 0.5) is 23.7 Å². The van der Waals surface area contributed by atoms with E-state index in [1.807, 2.05) is 76.5 Å². The lowest BCUT2D eigenvalue weighted by atomic mass is 9.88. The maximum atomic E-state index is 13.6. The van der Waals surface area contributed by atoms with E-state index in [2.05, 4.69) is 6.07 Å². The molecule has 0 radical (unpaired) electrons. The zero-order chi connectivity index (χ0) is 39.5. The van der Waals surface area contributed by atoms with Gasteiger partial charge in [-0.05, 0) is 56.7 Å². The molecule has 1 aliphatic heterocycles. The summed E-state index contributed by atoms with van der Waals surface area (Å²) in [5.74, 6) is -1.42. The molecule has 1 heterocycles. The van der Waals surface area contributed by atoms with E-state index in [-0.39, 0.29) is 17.0 Å². The smallest absolute Gasteiger partial charge is 0.416 e. The Morgan fingerprint density at radius 2 is 1.74 bits per heavy atom. The number of carbonyl (C=O) groups is 2. The van der Waals surface area contributed by atoms with Crippen molar-refractivity contribution in [2.75, 3.05) is 33.2 Å². The Kier molecular flexibility index (Phi) is 14.6. The number of anilines is 1. The Morgan fingerprint density at radius 1 is 1.06 bits per heavy atom. The van der Waals surface area contributed by atoms with Crippen LogP contribution in [0.5, 0.6) is 0 Å². The number of amides is 2. The number of rotatable bonds is 10. The standard InChI is InChI=1S/C32H31F3N6O3.C7H12OS/c1-20-27(29(42)44-4)28(40(31(38)43)30(37)39(20)25-12-8-11-24(16-25)32(33,34)35)26-14-13-22(17-36)15-23(26)19-41(2,3)18-21-9-6-5-7-10-21;1-4-5-6-7(2)9-8-3/h5-16,28,37H,18-19H2,1-4H3,(H-,38,43);4-6H,1-3H3/p+1/b;5-4-,7-6+/t28-;/m1./s1. The summed E-state index contributed by atoms with van der Waals surface area (Å²) in [5, 5.41) is 18.7. The van der Waals surface area contributed by atoms with Crippen molar-refractivity contribution < 1.29 is 36.2 Å². The third kappa shape index (κ3) is 10.8. The van der Waals surface area contributed by atoms with E-state index in [4.69, 9.17) is 20.1 Å². The van der Waals surface area contributed by atoms with Crippen LogP contribution < -0.4 is 10.6 Å². The number of carbonyl (C=O) groups excluding carboxylic acids is 2. The summed E-state index contributed by atoms with van der Waals surface area (Å²) in [6, 6.07) is 18.5. The zero-order valence-corrected chi connectivity index (χ0v) is 31.5. The highest BCUT2D eigenvalue weighted by Crippen LogP contribution is 2.42. The van der Waals surface area contributed by atoms with Gasteiger partial charge in [-0.25, -0.2) is 9.59 Å². The van der Waals surface area contributed by atoms with Gasteiger partial charge < -0.3 is 19.1 Å². The molecule has 1 aliphatic rings. The fourth-order valence-electron chi connectivity index (χ4n) is 5.93. The van der Waals surface area contributed by atoms with Crippen molar-refractivity contribution in [1.29, 1.82) is 10.7 Å². The van der Waals surface area contributed by atoms with Crippen molar-refractivity contribution in [3.63, 3.8) is 0 Å². The molecule has 3 aromatic carbocycles. The van der Waals surface area contributed by atoms with Crippen LogP contribution in [0.2, 0.25) is 0 Å². The van der Waals surface area contributed by atoms with Crippen molar-refractivity contribution in [3.8, 4) is 6.07 Å². The van der Waals surface area contributed by atoms with Crippen LogP contribution in [-0.2, 0) is 33.0 Å². The van der Waals surface area contributed by atoms with Gasteiger partial charge in [0.15, 0.2) is 0 Å². The highest BCUT2D eigenvalue weighted by molar-refractivity contribution is 7.98. The monoisotopic (exact) mass is 749 g/mol. The third-order valence-electron chi connectivity index (χ3n) is 8.13. The van der Waals surface area contributed by atoms with Gasteiger partial charge in [0.05, 0.1) is 51.1 Å². The average Bonchev–Trinajstić information content (AvgIpc) is 3.10. The van der Waals surface area contributed by atoms with E-state index >= 15 is 0 Å². The first-order valence-corrected chi connectivity index (χ1v) is 17.1. The molecule has 0 spiro atoms. The molecule has 0 aromatic heterocycles. The molecule has 0 aliphatic carbocycles. The quantitative estimate of drug-likeness (QED) is 0.0920. The number of halogens is 3. The van der Waals surface area contributed by atoms with Gasteiger partial charge in [0, 0.05) is 39.5 Å². The Bertz CT molecular complexity index is 1940. The number of nitrogens with zero attached hydrogens (tertiary/aromatic N) is 4. The van der Waals surface area contributed by atoms with E-state index in [1.54, 1.807) is 19.2 Å². The van der Waals surface area contributed by atoms with Crippen molar-refractivity contribution in [2.45, 2.75) is 46.1 Å². The van der Waals surface area contributed by atoms with Gasteiger partial charge in [-0.2, -0.15) is 18.4 Å². The number of benzene rings is 3. The second-order valence-electron chi connectivity index (χ2n) is 12.6. The molecule has 1 atom stereocenters. The number of ether oxygens (including phenoxy) is 1.